The van der Waals surface area contributed by atoms with Crippen LogP contribution in [0.2, 0.25) is 0 Å². The van der Waals surface area contributed by atoms with E-state index in [4.69, 9.17) is 9.47 Å². The largest absolute Gasteiger partial charge is 0.347 e. The molecular weight excluding hydrogens is 433 g/mol. The van der Waals surface area contributed by atoms with Crippen molar-refractivity contribution in [1.82, 2.24) is 14.5 Å². The normalized spacial score (nSPS) is 18.8. The van der Waals surface area contributed by atoms with E-state index in [-0.39, 0.29) is 23.7 Å². The summed E-state index contributed by atoms with van der Waals surface area (Å²) < 4.78 is 27.0. The van der Waals surface area contributed by atoms with Gasteiger partial charge in [-0.3, -0.25) is 14.2 Å². The SMILES string of the molecule is Cc1nc(SC(C)C(=O)N2CCC3(CC2)OCCO3)n(C)c(=O)c1Cc1ccccc1F. The number of nitrogens with zero attached hydrogens (tertiary/aromatic N) is 3. The number of hydrogen-bond donors (Lipinski definition) is 0. The zero-order valence-corrected chi connectivity index (χ0v) is 19.4. The molecule has 1 unspecified atom stereocenters. The van der Waals surface area contributed by atoms with Crippen molar-refractivity contribution in [3.63, 3.8) is 0 Å². The fraction of sp³-hybridized carbons (Fsp3) is 0.522. The van der Waals surface area contributed by atoms with E-state index in [1.54, 1.807) is 32.2 Å². The van der Waals surface area contributed by atoms with Crippen LogP contribution < -0.4 is 5.56 Å². The summed E-state index contributed by atoms with van der Waals surface area (Å²) in [4.78, 5) is 32.4. The lowest BCUT2D eigenvalue weighted by Crippen LogP contribution is -2.49. The molecule has 7 nitrogen and oxygen atoms in total. The molecule has 4 rings (SSSR count). The molecule has 1 amide bonds. The Bertz CT molecular complexity index is 1060. The highest BCUT2D eigenvalue weighted by Gasteiger charge is 2.41. The zero-order chi connectivity index (χ0) is 22.9. The Morgan fingerprint density at radius 3 is 2.56 bits per heavy atom. The van der Waals surface area contributed by atoms with Crippen LogP contribution in [0.25, 0.3) is 0 Å². The number of carbonyl (C=O) groups is 1. The highest BCUT2D eigenvalue weighted by molar-refractivity contribution is 8.00. The minimum atomic E-state index is -0.524. The molecule has 0 bridgehead atoms. The molecule has 2 aliphatic heterocycles. The van der Waals surface area contributed by atoms with E-state index in [2.05, 4.69) is 4.98 Å². The second-order valence-corrected chi connectivity index (χ2v) is 9.59. The van der Waals surface area contributed by atoms with Gasteiger partial charge < -0.3 is 14.4 Å². The van der Waals surface area contributed by atoms with Crippen molar-refractivity contribution in [2.75, 3.05) is 26.3 Å². The summed E-state index contributed by atoms with van der Waals surface area (Å²) in [5, 5.41) is 0.0750. The first-order valence-electron chi connectivity index (χ1n) is 10.8. The van der Waals surface area contributed by atoms with Crippen LogP contribution in [0.5, 0.6) is 0 Å². The Morgan fingerprint density at radius 2 is 1.91 bits per heavy atom. The Morgan fingerprint density at radius 1 is 1.25 bits per heavy atom. The summed E-state index contributed by atoms with van der Waals surface area (Å²) in [6.45, 7) is 5.94. The molecule has 1 spiro atoms. The summed E-state index contributed by atoms with van der Waals surface area (Å²) in [6, 6.07) is 6.42. The Kier molecular flexibility index (Phi) is 6.69. The predicted octanol–water partition coefficient (Wildman–Crippen LogP) is 2.66. The van der Waals surface area contributed by atoms with Crippen molar-refractivity contribution in [2.24, 2.45) is 7.05 Å². The quantitative estimate of drug-likeness (QED) is 0.504. The van der Waals surface area contributed by atoms with Gasteiger partial charge in [-0.15, -0.1) is 0 Å². The second kappa shape index (κ2) is 9.33. The lowest BCUT2D eigenvalue weighted by Gasteiger charge is -2.38. The smallest absolute Gasteiger partial charge is 0.257 e. The fourth-order valence-electron chi connectivity index (χ4n) is 4.19. The minimum Gasteiger partial charge on any atom is -0.347 e. The van der Waals surface area contributed by atoms with Gasteiger partial charge in [0.05, 0.1) is 18.5 Å². The van der Waals surface area contributed by atoms with Crippen molar-refractivity contribution in [3.8, 4) is 0 Å². The molecule has 2 fully saturated rings. The third-order valence-electron chi connectivity index (χ3n) is 6.16. The maximum absolute atomic E-state index is 14.1. The van der Waals surface area contributed by atoms with Crippen molar-refractivity contribution >= 4 is 17.7 Å². The van der Waals surface area contributed by atoms with Gasteiger partial charge in [0.2, 0.25) is 5.91 Å². The van der Waals surface area contributed by atoms with Crippen LogP contribution in [0, 0.1) is 12.7 Å². The van der Waals surface area contributed by atoms with Gasteiger partial charge in [0.1, 0.15) is 5.82 Å². The molecule has 0 saturated carbocycles. The average Bonchev–Trinajstić information content (AvgIpc) is 3.24. The van der Waals surface area contributed by atoms with Gasteiger partial charge in [0.15, 0.2) is 10.9 Å². The zero-order valence-electron chi connectivity index (χ0n) is 18.6. The third kappa shape index (κ3) is 4.60. The number of thioether (sulfide) groups is 1. The number of aromatic nitrogens is 2. The number of hydrogen-bond acceptors (Lipinski definition) is 6. The second-order valence-electron chi connectivity index (χ2n) is 8.28. The molecule has 1 aromatic heterocycles. The van der Waals surface area contributed by atoms with Gasteiger partial charge in [0, 0.05) is 50.7 Å². The number of ether oxygens (including phenoxy) is 2. The van der Waals surface area contributed by atoms with E-state index in [0.717, 1.165) is 0 Å². The van der Waals surface area contributed by atoms with E-state index in [0.29, 0.717) is 61.1 Å². The van der Waals surface area contributed by atoms with Crippen LogP contribution in [-0.4, -0.2) is 57.7 Å². The third-order valence-corrected chi connectivity index (χ3v) is 7.29. The van der Waals surface area contributed by atoms with Crippen LogP contribution in [0.4, 0.5) is 4.39 Å². The molecule has 2 aromatic rings. The lowest BCUT2D eigenvalue weighted by molar-refractivity contribution is -0.187. The summed E-state index contributed by atoms with van der Waals surface area (Å²) in [5.41, 5.74) is 1.24. The predicted molar refractivity (Wildman–Crippen MR) is 119 cm³/mol. The van der Waals surface area contributed by atoms with Gasteiger partial charge in [-0.05, 0) is 25.5 Å². The summed E-state index contributed by atoms with van der Waals surface area (Å²) in [5.74, 6) is -0.863. The van der Waals surface area contributed by atoms with Gasteiger partial charge in [-0.1, -0.05) is 30.0 Å². The molecule has 2 aliphatic rings. The number of halogens is 1. The number of piperidine rings is 1. The topological polar surface area (TPSA) is 73.7 Å². The van der Waals surface area contributed by atoms with E-state index >= 15 is 0 Å². The number of carbonyl (C=O) groups excluding carboxylic acids is 1. The highest BCUT2D eigenvalue weighted by Crippen LogP contribution is 2.32. The summed E-state index contributed by atoms with van der Waals surface area (Å²) in [6.07, 6.45) is 1.50. The van der Waals surface area contributed by atoms with Gasteiger partial charge in [0.25, 0.3) is 5.56 Å². The first kappa shape index (κ1) is 22.9. The van der Waals surface area contributed by atoms with Crippen LogP contribution in [0.3, 0.4) is 0 Å². The molecule has 0 aliphatic carbocycles. The number of aryl methyl sites for hydroxylation is 1. The minimum absolute atomic E-state index is 0.00480. The van der Waals surface area contributed by atoms with Gasteiger partial charge in [-0.25, -0.2) is 9.37 Å². The van der Waals surface area contributed by atoms with Crippen molar-refractivity contribution < 1.29 is 18.7 Å². The van der Waals surface area contributed by atoms with Gasteiger partial charge in [-0.2, -0.15) is 0 Å². The molecule has 1 atom stereocenters. The Labute approximate surface area is 190 Å². The molecule has 1 aromatic carbocycles. The van der Waals surface area contributed by atoms with E-state index in [1.165, 1.54) is 22.4 Å². The molecule has 172 valence electrons. The molecule has 32 heavy (non-hydrogen) atoms. The summed E-state index contributed by atoms with van der Waals surface area (Å²) in [7, 11) is 1.64. The molecule has 0 radical (unpaired) electrons. The molecule has 0 N–H and O–H groups in total. The molecule has 2 saturated heterocycles. The van der Waals surface area contributed by atoms with Crippen LogP contribution in [0.15, 0.2) is 34.2 Å². The monoisotopic (exact) mass is 461 g/mol. The standard InChI is InChI=1S/C23H28FN3O4S/c1-15-18(14-17-6-4-5-7-19(17)24)21(29)26(3)22(25-15)32-16(2)20(28)27-10-8-23(9-11-27)30-12-13-31-23/h4-7,16H,8-14H2,1-3H3. The first-order chi connectivity index (χ1) is 15.3. The Hall–Kier alpha value is -2.23. The van der Waals surface area contributed by atoms with Crippen molar-refractivity contribution in [2.45, 2.75) is 49.3 Å². The molecule has 9 heteroatoms. The first-order valence-corrected chi connectivity index (χ1v) is 11.7. The Balaban J connectivity index is 1.45. The van der Waals surface area contributed by atoms with E-state index in [9.17, 15) is 14.0 Å². The van der Waals surface area contributed by atoms with Crippen molar-refractivity contribution in [1.29, 1.82) is 0 Å². The highest BCUT2D eigenvalue weighted by atomic mass is 32.2. The molecule has 3 heterocycles. The fourth-order valence-corrected chi connectivity index (χ4v) is 5.19. The number of amides is 1. The maximum atomic E-state index is 14.1. The van der Waals surface area contributed by atoms with E-state index in [1.807, 2.05) is 11.8 Å². The van der Waals surface area contributed by atoms with Gasteiger partial charge >= 0.3 is 0 Å². The van der Waals surface area contributed by atoms with Crippen LogP contribution >= 0.6 is 11.8 Å². The van der Waals surface area contributed by atoms with Crippen LogP contribution in [-0.2, 0) is 27.7 Å². The number of benzene rings is 1. The lowest BCUT2D eigenvalue weighted by atomic mass is 10.0. The summed E-state index contributed by atoms with van der Waals surface area (Å²) >= 11 is 1.27. The van der Waals surface area contributed by atoms with E-state index < -0.39 is 11.0 Å². The number of likely N-dealkylation sites (tertiary alicyclic amines) is 1. The number of rotatable bonds is 5. The average molecular weight is 462 g/mol. The van der Waals surface area contributed by atoms with Crippen LogP contribution in [0.1, 0.15) is 36.6 Å². The maximum Gasteiger partial charge on any atom is 0.257 e. The van der Waals surface area contributed by atoms with Crippen molar-refractivity contribution in [3.05, 3.63) is 57.3 Å². The molecular formula is C23H28FN3O4S.